The third-order valence-corrected chi connectivity index (χ3v) is 4.30. The minimum absolute atomic E-state index is 0.0760. The number of rotatable bonds is 2. The number of carbonyl (C=O) groups excluding carboxylic acids is 1. The van der Waals surface area contributed by atoms with Crippen molar-refractivity contribution in [3.63, 3.8) is 0 Å². The second kappa shape index (κ2) is 4.59. The fourth-order valence-corrected chi connectivity index (χ4v) is 2.99. The van der Waals surface area contributed by atoms with E-state index < -0.39 is 5.60 Å². The van der Waals surface area contributed by atoms with Crippen LogP contribution in [0.4, 0.5) is 0 Å². The van der Waals surface area contributed by atoms with Crippen molar-refractivity contribution in [3.8, 4) is 0 Å². The highest BCUT2D eigenvalue weighted by Crippen LogP contribution is 2.61. The first-order valence-electron chi connectivity index (χ1n) is 7.52. The molecule has 0 radical (unpaired) electrons. The van der Waals surface area contributed by atoms with Crippen LogP contribution < -0.4 is 0 Å². The molecule has 2 aromatic rings. The van der Waals surface area contributed by atoms with Crippen molar-refractivity contribution in [2.45, 2.75) is 45.6 Å². The SMILES string of the molecule is CC(C)(C)OC(=O)[C@]1(C)C[C@H]1c1cccc2ccccc12. The van der Waals surface area contributed by atoms with E-state index >= 15 is 0 Å². The van der Waals surface area contributed by atoms with Gasteiger partial charge >= 0.3 is 5.97 Å². The zero-order valence-corrected chi connectivity index (χ0v) is 13.1. The largest absolute Gasteiger partial charge is 0.460 e. The molecule has 0 saturated heterocycles. The molecule has 3 rings (SSSR count). The van der Waals surface area contributed by atoms with Crippen LogP contribution in [0.2, 0.25) is 0 Å². The zero-order chi connectivity index (χ0) is 15.3. The Morgan fingerprint density at radius 2 is 1.81 bits per heavy atom. The molecule has 0 amide bonds. The smallest absolute Gasteiger partial charge is 0.312 e. The summed E-state index contributed by atoms with van der Waals surface area (Å²) in [6.07, 6.45) is 0.871. The summed E-state index contributed by atoms with van der Waals surface area (Å²) in [5.74, 6) is 0.186. The van der Waals surface area contributed by atoms with E-state index in [1.165, 1.54) is 16.3 Å². The maximum Gasteiger partial charge on any atom is 0.312 e. The normalized spacial score (nSPS) is 24.9. The maximum absolute atomic E-state index is 12.4. The minimum Gasteiger partial charge on any atom is -0.460 e. The maximum atomic E-state index is 12.4. The van der Waals surface area contributed by atoms with E-state index in [1.807, 2.05) is 33.8 Å². The Morgan fingerprint density at radius 3 is 2.52 bits per heavy atom. The van der Waals surface area contributed by atoms with E-state index in [1.54, 1.807) is 0 Å². The highest BCUT2D eigenvalue weighted by molar-refractivity contribution is 5.89. The van der Waals surface area contributed by atoms with E-state index in [4.69, 9.17) is 4.74 Å². The lowest BCUT2D eigenvalue weighted by atomic mass is 9.96. The van der Waals surface area contributed by atoms with Gasteiger partial charge < -0.3 is 4.74 Å². The lowest BCUT2D eigenvalue weighted by molar-refractivity contribution is -0.161. The Morgan fingerprint density at radius 1 is 1.14 bits per heavy atom. The van der Waals surface area contributed by atoms with Crippen LogP contribution in [0.1, 0.15) is 45.6 Å². The molecule has 2 heteroatoms. The molecule has 110 valence electrons. The third-order valence-electron chi connectivity index (χ3n) is 4.30. The Balaban J connectivity index is 1.91. The predicted molar refractivity (Wildman–Crippen MR) is 85.3 cm³/mol. The van der Waals surface area contributed by atoms with Gasteiger partial charge in [0.2, 0.25) is 0 Å². The first kappa shape index (κ1) is 14.1. The molecule has 2 nitrogen and oxygen atoms in total. The standard InChI is InChI=1S/C19H22O2/c1-18(2,3)21-17(20)19(4)12-16(19)15-11-7-9-13-8-5-6-10-14(13)15/h5-11,16H,12H2,1-4H3/t16-,19+/m0/s1. The van der Waals surface area contributed by atoms with Gasteiger partial charge in [-0.1, -0.05) is 42.5 Å². The molecule has 2 atom stereocenters. The summed E-state index contributed by atoms with van der Waals surface area (Å²) in [7, 11) is 0. The van der Waals surface area contributed by atoms with Gasteiger partial charge in [-0.25, -0.2) is 0 Å². The van der Waals surface area contributed by atoms with E-state index in [0.717, 1.165) is 6.42 Å². The Hall–Kier alpha value is -1.83. The summed E-state index contributed by atoms with van der Waals surface area (Å²) >= 11 is 0. The van der Waals surface area contributed by atoms with Crippen molar-refractivity contribution in [2.24, 2.45) is 5.41 Å². The van der Waals surface area contributed by atoms with Crippen LogP contribution in [-0.4, -0.2) is 11.6 Å². The fraction of sp³-hybridized carbons (Fsp3) is 0.421. The average molecular weight is 282 g/mol. The predicted octanol–water partition coefficient (Wildman–Crippen LogP) is 4.68. The van der Waals surface area contributed by atoms with Gasteiger partial charge in [-0.3, -0.25) is 4.79 Å². The molecule has 1 fully saturated rings. The van der Waals surface area contributed by atoms with Gasteiger partial charge in [0.1, 0.15) is 5.60 Å². The zero-order valence-electron chi connectivity index (χ0n) is 13.1. The number of carbonyl (C=O) groups is 1. The van der Waals surface area contributed by atoms with Crippen LogP contribution in [0, 0.1) is 5.41 Å². The number of fused-ring (bicyclic) bond motifs is 1. The molecule has 0 heterocycles. The van der Waals surface area contributed by atoms with Gasteiger partial charge in [0.05, 0.1) is 5.41 Å². The van der Waals surface area contributed by atoms with Crippen molar-refractivity contribution in [1.29, 1.82) is 0 Å². The molecular weight excluding hydrogens is 260 g/mol. The van der Waals surface area contributed by atoms with E-state index in [9.17, 15) is 4.79 Å². The van der Waals surface area contributed by atoms with Gasteiger partial charge in [-0.05, 0) is 50.5 Å². The molecule has 0 N–H and O–H groups in total. The van der Waals surface area contributed by atoms with E-state index in [-0.39, 0.29) is 17.3 Å². The molecule has 0 spiro atoms. The molecule has 1 aliphatic carbocycles. The number of hydrogen-bond acceptors (Lipinski definition) is 2. The van der Waals surface area contributed by atoms with Crippen LogP contribution in [0.5, 0.6) is 0 Å². The highest BCUT2D eigenvalue weighted by Gasteiger charge is 2.58. The summed E-state index contributed by atoms with van der Waals surface area (Å²) in [5.41, 5.74) is 0.463. The van der Waals surface area contributed by atoms with Gasteiger partial charge in [-0.15, -0.1) is 0 Å². The van der Waals surface area contributed by atoms with Crippen molar-refractivity contribution in [2.75, 3.05) is 0 Å². The van der Waals surface area contributed by atoms with E-state index in [2.05, 4.69) is 36.4 Å². The van der Waals surface area contributed by atoms with E-state index in [0.29, 0.717) is 0 Å². The Kier molecular flexibility index (Phi) is 3.09. The summed E-state index contributed by atoms with van der Waals surface area (Å²) in [6, 6.07) is 14.7. The molecule has 0 unspecified atom stereocenters. The van der Waals surface area contributed by atoms with Crippen LogP contribution in [-0.2, 0) is 9.53 Å². The van der Waals surface area contributed by atoms with Crippen molar-refractivity contribution < 1.29 is 9.53 Å². The lowest BCUT2D eigenvalue weighted by Gasteiger charge is -2.22. The fourth-order valence-electron chi connectivity index (χ4n) is 2.99. The quantitative estimate of drug-likeness (QED) is 0.748. The third kappa shape index (κ3) is 2.55. The topological polar surface area (TPSA) is 26.3 Å². The first-order chi connectivity index (χ1) is 9.81. The van der Waals surface area contributed by atoms with Crippen LogP contribution in [0.3, 0.4) is 0 Å². The molecule has 0 aromatic heterocycles. The van der Waals surface area contributed by atoms with Crippen LogP contribution >= 0.6 is 0 Å². The highest BCUT2D eigenvalue weighted by atomic mass is 16.6. The Labute approximate surface area is 126 Å². The van der Waals surface area contributed by atoms with Crippen molar-refractivity contribution >= 4 is 16.7 Å². The van der Waals surface area contributed by atoms with Gasteiger partial charge in [0.25, 0.3) is 0 Å². The summed E-state index contributed by atoms with van der Waals surface area (Å²) in [4.78, 5) is 12.4. The number of hydrogen-bond donors (Lipinski definition) is 0. The van der Waals surface area contributed by atoms with Gasteiger partial charge in [-0.2, -0.15) is 0 Å². The molecule has 1 saturated carbocycles. The second-order valence-electron chi connectivity index (χ2n) is 7.24. The Bertz CT molecular complexity index is 691. The minimum atomic E-state index is -0.425. The summed E-state index contributed by atoms with van der Waals surface area (Å²) < 4.78 is 5.59. The molecule has 1 aliphatic rings. The lowest BCUT2D eigenvalue weighted by Crippen LogP contribution is -2.29. The van der Waals surface area contributed by atoms with Crippen LogP contribution in [0.15, 0.2) is 42.5 Å². The molecule has 2 aromatic carbocycles. The monoisotopic (exact) mass is 282 g/mol. The van der Waals surface area contributed by atoms with Gasteiger partial charge in [0.15, 0.2) is 0 Å². The second-order valence-corrected chi connectivity index (χ2v) is 7.24. The number of benzene rings is 2. The molecular formula is C19H22O2. The number of esters is 1. The molecule has 0 bridgehead atoms. The molecule has 0 aliphatic heterocycles. The van der Waals surface area contributed by atoms with Crippen molar-refractivity contribution in [3.05, 3.63) is 48.0 Å². The summed E-state index contributed by atoms with van der Waals surface area (Å²) in [6.45, 7) is 7.78. The van der Waals surface area contributed by atoms with Crippen LogP contribution in [0.25, 0.3) is 10.8 Å². The molecule has 21 heavy (non-hydrogen) atoms. The summed E-state index contributed by atoms with van der Waals surface area (Å²) in [5, 5.41) is 2.48. The first-order valence-corrected chi connectivity index (χ1v) is 7.52. The van der Waals surface area contributed by atoms with Gasteiger partial charge in [0, 0.05) is 5.92 Å². The number of ether oxygens (including phenoxy) is 1. The van der Waals surface area contributed by atoms with Crippen molar-refractivity contribution in [1.82, 2.24) is 0 Å². The average Bonchev–Trinajstić information content (AvgIpc) is 3.10.